The van der Waals surface area contributed by atoms with Gasteiger partial charge in [0.05, 0.1) is 12.8 Å². The molecule has 0 bridgehead atoms. The van der Waals surface area contributed by atoms with E-state index in [0.717, 1.165) is 30.8 Å². The second kappa shape index (κ2) is 8.17. The zero-order valence-electron chi connectivity index (χ0n) is 13.9. The fraction of sp³-hybridized carbons (Fsp3) is 0.412. The van der Waals surface area contributed by atoms with Crippen molar-refractivity contribution in [2.24, 2.45) is 0 Å². The fourth-order valence-electron chi connectivity index (χ4n) is 2.81. The molecule has 2 aromatic rings. The third kappa shape index (κ3) is 4.07. The largest absolute Gasteiger partial charge is 0.497 e. The van der Waals surface area contributed by atoms with Gasteiger partial charge in [-0.1, -0.05) is 0 Å². The number of benzene rings is 1. The predicted octanol–water partition coefficient (Wildman–Crippen LogP) is 2.17. The van der Waals surface area contributed by atoms with Gasteiger partial charge in [-0.3, -0.25) is 4.79 Å². The van der Waals surface area contributed by atoms with Crippen molar-refractivity contribution in [2.75, 3.05) is 13.7 Å². The normalized spacial score (nSPS) is 20.1. The molecule has 0 aliphatic carbocycles. The van der Waals surface area contributed by atoms with Gasteiger partial charge in [0, 0.05) is 18.3 Å². The molecule has 0 radical (unpaired) electrons. The average molecular weight is 351 g/mol. The molecule has 1 aliphatic heterocycles. The van der Waals surface area contributed by atoms with E-state index in [1.54, 1.807) is 24.1 Å². The molecule has 2 unspecified atom stereocenters. The molecule has 2 heterocycles. The van der Waals surface area contributed by atoms with Crippen LogP contribution in [0.3, 0.4) is 0 Å². The monoisotopic (exact) mass is 350 g/mol. The Bertz CT molecular complexity index is 671. The van der Waals surface area contributed by atoms with Gasteiger partial charge < -0.3 is 15.4 Å². The lowest BCUT2D eigenvalue weighted by molar-refractivity contribution is 0.0914. The van der Waals surface area contributed by atoms with E-state index in [9.17, 15) is 4.79 Å². The molecule has 6 nitrogen and oxygen atoms in total. The number of nitrogens with one attached hydrogen (secondary N) is 2. The molecule has 0 spiro atoms. The smallest absolute Gasteiger partial charge is 0.272 e. The summed E-state index contributed by atoms with van der Waals surface area (Å²) in [6, 6.07) is 9.72. The molecule has 3 rings (SSSR count). The number of methoxy groups -OCH3 is 1. The maximum atomic E-state index is 12.4. The minimum Gasteiger partial charge on any atom is -0.497 e. The van der Waals surface area contributed by atoms with Crippen molar-refractivity contribution >= 4 is 18.3 Å². The maximum Gasteiger partial charge on any atom is 0.272 e. The first kappa shape index (κ1) is 18.3. The Morgan fingerprint density at radius 3 is 2.75 bits per heavy atom. The summed E-state index contributed by atoms with van der Waals surface area (Å²) in [5, 5.41) is 10.8. The number of ether oxygens (including phenoxy) is 1. The van der Waals surface area contributed by atoms with Crippen LogP contribution in [-0.2, 0) is 0 Å². The molecule has 1 aromatic carbocycles. The molecule has 130 valence electrons. The van der Waals surface area contributed by atoms with E-state index >= 15 is 0 Å². The number of carbonyl (C=O) groups is 1. The number of piperidine rings is 1. The number of nitrogens with zero attached hydrogens (tertiary/aromatic N) is 2. The summed E-state index contributed by atoms with van der Waals surface area (Å²) >= 11 is 0. The van der Waals surface area contributed by atoms with Gasteiger partial charge in [0.15, 0.2) is 5.69 Å². The van der Waals surface area contributed by atoms with E-state index in [-0.39, 0.29) is 30.4 Å². The summed E-state index contributed by atoms with van der Waals surface area (Å²) in [5.41, 5.74) is 1.32. The van der Waals surface area contributed by atoms with E-state index < -0.39 is 0 Å². The van der Waals surface area contributed by atoms with Crippen molar-refractivity contribution in [1.29, 1.82) is 0 Å². The SMILES string of the molecule is COc1ccc(-n2ccc(C(=O)NC3CCCNC3C)n2)cc1.Cl. The van der Waals surface area contributed by atoms with E-state index in [4.69, 9.17) is 4.74 Å². The Kier molecular flexibility index (Phi) is 6.23. The number of rotatable bonds is 4. The number of amides is 1. The van der Waals surface area contributed by atoms with Crippen molar-refractivity contribution in [1.82, 2.24) is 20.4 Å². The zero-order valence-corrected chi connectivity index (χ0v) is 14.7. The van der Waals surface area contributed by atoms with Gasteiger partial charge in [-0.25, -0.2) is 4.68 Å². The quantitative estimate of drug-likeness (QED) is 0.886. The average Bonchev–Trinajstić information content (AvgIpc) is 3.07. The summed E-state index contributed by atoms with van der Waals surface area (Å²) < 4.78 is 6.83. The molecule has 2 atom stereocenters. The molecule has 1 aliphatic rings. The van der Waals surface area contributed by atoms with Crippen LogP contribution in [0, 0.1) is 0 Å². The lowest BCUT2D eigenvalue weighted by Gasteiger charge is -2.30. The molecular weight excluding hydrogens is 328 g/mol. The number of carbonyl (C=O) groups excluding carboxylic acids is 1. The molecule has 1 fully saturated rings. The van der Waals surface area contributed by atoms with Crippen LogP contribution in [0.25, 0.3) is 5.69 Å². The van der Waals surface area contributed by atoms with E-state index in [2.05, 4.69) is 22.7 Å². The van der Waals surface area contributed by atoms with Gasteiger partial charge in [0.25, 0.3) is 5.91 Å². The Balaban J connectivity index is 0.00000208. The van der Waals surface area contributed by atoms with Crippen molar-refractivity contribution in [3.63, 3.8) is 0 Å². The Morgan fingerprint density at radius 1 is 1.33 bits per heavy atom. The van der Waals surface area contributed by atoms with E-state index in [0.29, 0.717) is 5.69 Å². The van der Waals surface area contributed by atoms with Crippen molar-refractivity contribution in [3.05, 3.63) is 42.2 Å². The van der Waals surface area contributed by atoms with Crippen molar-refractivity contribution < 1.29 is 9.53 Å². The predicted molar refractivity (Wildman–Crippen MR) is 95.3 cm³/mol. The topological polar surface area (TPSA) is 68.2 Å². The highest BCUT2D eigenvalue weighted by molar-refractivity contribution is 5.92. The molecular formula is C17H23ClN4O2. The molecule has 24 heavy (non-hydrogen) atoms. The Labute approximate surface area is 148 Å². The lowest BCUT2D eigenvalue weighted by atomic mass is 10.00. The van der Waals surface area contributed by atoms with Crippen LogP contribution in [0.2, 0.25) is 0 Å². The van der Waals surface area contributed by atoms with Gasteiger partial charge in [0.2, 0.25) is 0 Å². The summed E-state index contributed by atoms with van der Waals surface area (Å²) in [4.78, 5) is 12.4. The molecule has 7 heteroatoms. The van der Waals surface area contributed by atoms with Gasteiger partial charge in [-0.15, -0.1) is 12.4 Å². The van der Waals surface area contributed by atoms with E-state index in [1.165, 1.54) is 0 Å². The fourth-order valence-corrected chi connectivity index (χ4v) is 2.81. The number of aromatic nitrogens is 2. The summed E-state index contributed by atoms with van der Waals surface area (Å²) in [6.45, 7) is 3.11. The molecule has 1 amide bonds. The van der Waals surface area contributed by atoms with E-state index in [1.807, 2.05) is 24.3 Å². The number of halogens is 1. The molecule has 1 aromatic heterocycles. The number of hydrogen-bond acceptors (Lipinski definition) is 4. The van der Waals surface area contributed by atoms with Crippen molar-refractivity contribution in [3.8, 4) is 11.4 Å². The van der Waals surface area contributed by atoms with Crippen molar-refractivity contribution in [2.45, 2.75) is 31.8 Å². The maximum absolute atomic E-state index is 12.4. The third-order valence-corrected chi connectivity index (χ3v) is 4.24. The highest BCUT2D eigenvalue weighted by Crippen LogP contribution is 2.15. The van der Waals surface area contributed by atoms with Crippen LogP contribution in [0.1, 0.15) is 30.3 Å². The minimum absolute atomic E-state index is 0. The second-order valence-corrected chi connectivity index (χ2v) is 5.81. The molecule has 1 saturated heterocycles. The van der Waals surface area contributed by atoms with Gasteiger partial charge in [-0.05, 0) is 56.6 Å². The molecule has 0 saturated carbocycles. The first-order chi connectivity index (χ1) is 11.2. The van der Waals surface area contributed by atoms with Gasteiger partial charge in [-0.2, -0.15) is 5.10 Å². The third-order valence-electron chi connectivity index (χ3n) is 4.24. The first-order valence-electron chi connectivity index (χ1n) is 7.92. The van der Waals surface area contributed by atoms with Gasteiger partial charge in [0.1, 0.15) is 5.75 Å². The highest BCUT2D eigenvalue weighted by atomic mass is 35.5. The lowest BCUT2D eigenvalue weighted by Crippen LogP contribution is -2.52. The van der Waals surface area contributed by atoms with Gasteiger partial charge >= 0.3 is 0 Å². The standard InChI is InChI=1S/C17H22N4O2.ClH/c1-12-15(4-3-10-18-12)19-17(22)16-9-11-21(20-16)13-5-7-14(23-2)8-6-13;/h5-9,11-12,15,18H,3-4,10H2,1-2H3,(H,19,22);1H. The zero-order chi connectivity index (χ0) is 16.2. The van der Waals surface area contributed by atoms with Crippen LogP contribution in [0.15, 0.2) is 36.5 Å². The second-order valence-electron chi connectivity index (χ2n) is 5.81. The summed E-state index contributed by atoms with van der Waals surface area (Å²) in [6.07, 6.45) is 3.87. The Hall–Kier alpha value is -2.05. The number of hydrogen-bond donors (Lipinski definition) is 2. The van der Waals surface area contributed by atoms with Crippen LogP contribution in [0.4, 0.5) is 0 Å². The van der Waals surface area contributed by atoms with Crippen LogP contribution >= 0.6 is 12.4 Å². The Morgan fingerprint density at radius 2 is 2.08 bits per heavy atom. The van der Waals surface area contributed by atoms with Crippen LogP contribution < -0.4 is 15.4 Å². The first-order valence-corrected chi connectivity index (χ1v) is 7.92. The summed E-state index contributed by atoms with van der Waals surface area (Å²) in [7, 11) is 1.63. The summed E-state index contributed by atoms with van der Waals surface area (Å²) in [5.74, 6) is 0.662. The minimum atomic E-state index is -0.127. The van der Waals surface area contributed by atoms with Crippen LogP contribution in [0.5, 0.6) is 5.75 Å². The van der Waals surface area contributed by atoms with Crippen LogP contribution in [-0.4, -0.2) is 41.4 Å². The molecule has 2 N–H and O–H groups in total. The highest BCUT2D eigenvalue weighted by Gasteiger charge is 2.23.